The Morgan fingerprint density at radius 1 is 1.09 bits per heavy atom. The molecule has 3 aromatic rings. The van der Waals surface area contributed by atoms with Crippen molar-refractivity contribution in [1.29, 1.82) is 5.41 Å². The molecule has 3 amide bonds. The van der Waals surface area contributed by atoms with Crippen LogP contribution in [0.15, 0.2) is 53.9 Å². The first-order valence-electron chi connectivity index (χ1n) is 13.9. The van der Waals surface area contributed by atoms with Gasteiger partial charge in [-0.3, -0.25) is 30.5 Å². The van der Waals surface area contributed by atoms with Gasteiger partial charge in [0, 0.05) is 38.9 Å². The Labute approximate surface area is 254 Å². The predicted molar refractivity (Wildman–Crippen MR) is 155 cm³/mol. The number of benzene rings is 2. The number of halogens is 2. The van der Waals surface area contributed by atoms with E-state index in [1.54, 1.807) is 36.0 Å². The summed E-state index contributed by atoms with van der Waals surface area (Å²) in [7, 11) is 0. The molecule has 3 aliphatic rings. The van der Waals surface area contributed by atoms with Gasteiger partial charge >= 0.3 is 0 Å². The molecule has 2 aromatic carbocycles. The molecule has 11 nitrogen and oxygen atoms in total. The summed E-state index contributed by atoms with van der Waals surface area (Å²) in [5.74, 6) is -6.10. The van der Waals surface area contributed by atoms with Gasteiger partial charge in [0.15, 0.2) is 5.79 Å². The zero-order chi connectivity index (χ0) is 31.2. The number of carbonyl (C=O) groups is 3. The van der Waals surface area contributed by atoms with Crippen LogP contribution in [0.5, 0.6) is 0 Å². The van der Waals surface area contributed by atoms with Crippen LogP contribution in [0.4, 0.5) is 8.78 Å². The van der Waals surface area contributed by atoms with E-state index in [9.17, 15) is 23.2 Å². The summed E-state index contributed by atoms with van der Waals surface area (Å²) in [6, 6.07) is 10.3. The van der Waals surface area contributed by atoms with Crippen LogP contribution >= 0.6 is 11.3 Å². The second-order valence-corrected chi connectivity index (χ2v) is 11.8. The zero-order valence-corrected chi connectivity index (χ0v) is 24.3. The number of hydrogen-bond acceptors (Lipinski definition) is 8. The highest BCUT2D eigenvalue weighted by Gasteiger charge is 2.52. The van der Waals surface area contributed by atoms with E-state index in [-0.39, 0.29) is 41.1 Å². The minimum atomic E-state index is -3.18. The molecule has 2 saturated heterocycles. The van der Waals surface area contributed by atoms with Gasteiger partial charge in [0.25, 0.3) is 11.8 Å². The lowest BCUT2D eigenvalue weighted by Gasteiger charge is -2.25. The third-order valence-corrected chi connectivity index (χ3v) is 9.23. The number of ether oxygens (including phenoxy) is 2. The van der Waals surface area contributed by atoms with Gasteiger partial charge in [-0.15, -0.1) is 11.3 Å². The molecule has 1 unspecified atom stereocenters. The number of amidine groups is 1. The number of alkyl halides is 2. The Balaban J connectivity index is 1.14. The number of hydroxylamine groups is 1. The molecular formula is C30H29F2N5O6S. The van der Waals surface area contributed by atoms with Gasteiger partial charge in [-0.25, -0.2) is 0 Å². The van der Waals surface area contributed by atoms with E-state index in [4.69, 9.17) is 20.1 Å². The first kappa shape index (κ1) is 29.8. The van der Waals surface area contributed by atoms with Crippen LogP contribution < -0.4 is 16.1 Å². The monoisotopic (exact) mass is 625 g/mol. The minimum Gasteiger partial charge on any atom is -0.347 e. The second-order valence-electron chi connectivity index (χ2n) is 10.9. The van der Waals surface area contributed by atoms with Gasteiger partial charge in [-0.05, 0) is 36.2 Å². The summed E-state index contributed by atoms with van der Waals surface area (Å²) < 4.78 is 41.4. The van der Waals surface area contributed by atoms with Crippen molar-refractivity contribution in [3.8, 4) is 11.1 Å². The predicted octanol–water partition coefficient (Wildman–Crippen LogP) is 3.12. The number of amides is 3. The first-order chi connectivity index (χ1) is 21.0. The SMILES string of the molecule is CC(NC(=O)[C@@H]1CC2(CN1C(=O)CNC(=O)c1ccc3c(c1)-c1ccccc1C3(F)F)OCCO2)c1cc(C(=N)NO)cs1. The summed E-state index contributed by atoms with van der Waals surface area (Å²) in [6.07, 6.45) is 0.0957. The number of nitrogens with zero attached hydrogens (tertiary/aromatic N) is 1. The maximum atomic E-state index is 14.9. The smallest absolute Gasteiger partial charge is 0.299 e. The number of likely N-dealkylation sites (tertiary alicyclic amines) is 1. The van der Waals surface area contributed by atoms with Crippen molar-refractivity contribution < 1.29 is 37.8 Å². The Hall–Kier alpha value is -4.24. The fraction of sp³-hybridized carbons (Fsp3) is 0.333. The average Bonchev–Trinajstić information content (AvgIpc) is 3.82. The summed E-state index contributed by atoms with van der Waals surface area (Å²) in [5.41, 5.74) is 2.66. The van der Waals surface area contributed by atoms with Crippen molar-refractivity contribution in [1.82, 2.24) is 21.0 Å². The number of thiophene rings is 1. The van der Waals surface area contributed by atoms with Crippen molar-refractivity contribution >= 4 is 34.9 Å². The normalized spacial score (nSPS) is 19.7. The zero-order valence-electron chi connectivity index (χ0n) is 23.5. The molecule has 5 N–H and O–H groups in total. The molecule has 1 aromatic heterocycles. The van der Waals surface area contributed by atoms with Gasteiger partial charge in [0.05, 0.1) is 32.3 Å². The summed E-state index contributed by atoms with van der Waals surface area (Å²) in [5, 5.41) is 23.8. The largest absolute Gasteiger partial charge is 0.347 e. The maximum Gasteiger partial charge on any atom is 0.299 e. The van der Waals surface area contributed by atoms with Crippen molar-refractivity contribution in [3.05, 3.63) is 81.0 Å². The molecule has 1 spiro atoms. The molecule has 2 aliphatic heterocycles. The van der Waals surface area contributed by atoms with Crippen LogP contribution in [-0.4, -0.2) is 71.8 Å². The lowest BCUT2D eigenvalue weighted by atomic mass is 10.0. The Bertz CT molecular complexity index is 1660. The lowest BCUT2D eigenvalue weighted by molar-refractivity contribution is -0.152. The standard InChI is InChI=1S/C30H29F2N5O6S/c1-16(24-11-18(14-44-24)26(33)36-41)35-28(40)23-12-29(42-8-9-43-29)15-37(23)25(38)13-34-27(39)17-6-7-22-20(10-17)19-4-2-3-5-21(19)30(22,31)32/h2-7,10-11,14,16,23,41H,8-9,12-13,15H2,1H3,(H2,33,36)(H,34,39)(H,35,40)/t16?,23-/m0/s1. The van der Waals surface area contributed by atoms with Crippen molar-refractivity contribution in [2.75, 3.05) is 26.3 Å². The van der Waals surface area contributed by atoms with Crippen LogP contribution in [0.2, 0.25) is 0 Å². The molecule has 6 rings (SSSR count). The molecule has 0 saturated carbocycles. The van der Waals surface area contributed by atoms with E-state index in [0.717, 1.165) is 4.88 Å². The minimum absolute atomic E-state index is 0.0125. The molecule has 230 valence electrons. The number of hydrogen-bond donors (Lipinski definition) is 5. The summed E-state index contributed by atoms with van der Waals surface area (Å²) in [6.45, 7) is 1.93. The third kappa shape index (κ3) is 5.23. The molecule has 2 atom stereocenters. The lowest BCUT2D eigenvalue weighted by Crippen LogP contribution is -2.49. The van der Waals surface area contributed by atoms with Gasteiger partial charge in [-0.2, -0.15) is 8.78 Å². The van der Waals surface area contributed by atoms with Gasteiger partial charge in [-0.1, -0.05) is 30.3 Å². The van der Waals surface area contributed by atoms with E-state index >= 15 is 0 Å². The fourth-order valence-electron chi connectivity index (χ4n) is 5.88. The molecular weight excluding hydrogens is 596 g/mol. The molecule has 14 heteroatoms. The summed E-state index contributed by atoms with van der Waals surface area (Å²) in [4.78, 5) is 41.9. The van der Waals surface area contributed by atoms with Crippen LogP contribution in [-0.2, 0) is 25.0 Å². The molecule has 2 fully saturated rings. The highest BCUT2D eigenvalue weighted by Crippen LogP contribution is 2.51. The Kier molecular flexibility index (Phi) is 7.70. The number of nitrogens with one attached hydrogen (secondary N) is 4. The number of rotatable bonds is 7. The van der Waals surface area contributed by atoms with E-state index < -0.39 is 48.1 Å². The van der Waals surface area contributed by atoms with Crippen molar-refractivity contribution in [2.45, 2.75) is 37.1 Å². The van der Waals surface area contributed by atoms with Crippen LogP contribution in [0.1, 0.15) is 51.3 Å². The summed E-state index contributed by atoms with van der Waals surface area (Å²) >= 11 is 1.30. The van der Waals surface area contributed by atoms with Gasteiger partial charge in [0.1, 0.15) is 11.9 Å². The third-order valence-electron chi connectivity index (χ3n) is 8.11. The molecule has 3 heterocycles. The molecule has 1 aliphatic carbocycles. The Morgan fingerprint density at radius 3 is 2.57 bits per heavy atom. The highest BCUT2D eigenvalue weighted by molar-refractivity contribution is 7.10. The average molecular weight is 626 g/mol. The second kappa shape index (κ2) is 11.4. The van der Waals surface area contributed by atoms with Crippen LogP contribution in [0.25, 0.3) is 11.1 Å². The maximum absolute atomic E-state index is 14.9. The number of carbonyl (C=O) groups excluding carboxylic acids is 3. The fourth-order valence-corrected chi connectivity index (χ4v) is 6.78. The Morgan fingerprint density at radius 2 is 1.82 bits per heavy atom. The van der Waals surface area contributed by atoms with Gasteiger partial charge < -0.3 is 25.0 Å². The molecule has 0 radical (unpaired) electrons. The van der Waals surface area contributed by atoms with E-state index in [1.165, 1.54) is 46.6 Å². The van der Waals surface area contributed by atoms with Gasteiger partial charge in [0.2, 0.25) is 11.8 Å². The quantitative estimate of drug-likeness (QED) is 0.154. The van der Waals surface area contributed by atoms with Crippen LogP contribution in [0.3, 0.4) is 0 Å². The van der Waals surface area contributed by atoms with E-state index in [0.29, 0.717) is 24.3 Å². The van der Waals surface area contributed by atoms with Crippen molar-refractivity contribution in [3.63, 3.8) is 0 Å². The van der Waals surface area contributed by atoms with E-state index in [1.807, 2.05) is 0 Å². The number of fused-ring (bicyclic) bond motifs is 3. The van der Waals surface area contributed by atoms with Crippen LogP contribution in [0, 0.1) is 5.41 Å². The highest BCUT2D eigenvalue weighted by atomic mass is 32.1. The van der Waals surface area contributed by atoms with E-state index in [2.05, 4.69) is 10.6 Å². The molecule has 0 bridgehead atoms. The van der Waals surface area contributed by atoms with Crippen molar-refractivity contribution in [2.24, 2.45) is 0 Å². The first-order valence-corrected chi connectivity index (χ1v) is 14.8. The molecule has 44 heavy (non-hydrogen) atoms. The topological polar surface area (TPSA) is 153 Å².